The SMILES string of the molecule is CC(C)C(NC(=O)C(Cc1cccc2ccccc12)CS(=O)(=O)C(C)(C)C)C(=O)NC(Cc1ccccc1)C(O)CN1CCCC1C(F)(F)F. The van der Waals surface area contributed by atoms with Crippen LogP contribution in [-0.4, -0.2) is 84.2 Å². The number of alkyl halides is 3. The Morgan fingerprint density at radius 2 is 1.54 bits per heavy atom. The molecule has 0 spiro atoms. The smallest absolute Gasteiger partial charge is 0.390 e. The van der Waals surface area contributed by atoms with Gasteiger partial charge in [0.2, 0.25) is 11.8 Å². The average Bonchev–Trinajstić information content (AvgIpc) is 3.51. The van der Waals surface area contributed by atoms with Gasteiger partial charge in [-0.05, 0) is 80.8 Å². The summed E-state index contributed by atoms with van der Waals surface area (Å²) in [7, 11) is -3.76. The van der Waals surface area contributed by atoms with Gasteiger partial charge in [-0.3, -0.25) is 14.5 Å². The van der Waals surface area contributed by atoms with Crippen molar-refractivity contribution in [3.05, 3.63) is 83.9 Å². The molecule has 50 heavy (non-hydrogen) atoms. The summed E-state index contributed by atoms with van der Waals surface area (Å²) in [5.41, 5.74) is 1.56. The van der Waals surface area contributed by atoms with Crippen LogP contribution in [0.2, 0.25) is 0 Å². The van der Waals surface area contributed by atoms with E-state index in [2.05, 4.69) is 10.6 Å². The zero-order valence-electron chi connectivity index (χ0n) is 29.4. The number of β-amino-alcohol motifs (C(OH)–C–C–N with tert-alkyl or cyclic N) is 1. The normalized spacial score (nSPS) is 18.5. The maximum atomic E-state index is 14.1. The topological polar surface area (TPSA) is 116 Å². The molecule has 3 N–H and O–H groups in total. The van der Waals surface area contributed by atoms with Gasteiger partial charge in [0.05, 0.1) is 28.6 Å². The Kier molecular flexibility index (Phi) is 12.8. The van der Waals surface area contributed by atoms with E-state index < -0.39 is 74.4 Å². The molecule has 8 nitrogen and oxygen atoms in total. The van der Waals surface area contributed by atoms with Crippen molar-refractivity contribution in [2.75, 3.05) is 18.8 Å². The highest BCUT2D eigenvalue weighted by Gasteiger charge is 2.46. The van der Waals surface area contributed by atoms with E-state index >= 15 is 0 Å². The summed E-state index contributed by atoms with van der Waals surface area (Å²) in [6, 6.07) is 18.5. The molecule has 3 aromatic carbocycles. The van der Waals surface area contributed by atoms with E-state index in [0.29, 0.717) is 6.42 Å². The van der Waals surface area contributed by atoms with Crippen LogP contribution in [0.25, 0.3) is 10.8 Å². The van der Waals surface area contributed by atoms with Crippen LogP contribution in [0.15, 0.2) is 72.8 Å². The lowest BCUT2D eigenvalue weighted by molar-refractivity contribution is -0.178. The molecule has 1 aliphatic heterocycles. The number of fused-ring (bicyclic) bond motifs is 1. The molecule has 1 heterocycles. The Morgan fingerprint density at radius 1 is 0.900 bits per heavy atom. The number of rotatable bonds is 14. The Hall–Kier alpha value is -3.48. The highest BCUT2D eigenvalue weighted by Crippen LogP contribution is 2.33. The number of carbonyl (C=O) groups excluding carboxylic acids is 2. The second kappa shape index (κ2) is 16.2. The van der Waals surface area contributed by atoms with Gasteiger partial charge in [0.1, 0.15) is 12.1 Å². The van der Waals surface area contributed by atoms with Gasteiger partial charge in [-0.1, -0.05) is 86.6 Å². The highest BCUT2D eigenvalue weighted by molar-refractivity contribution is 7.92. The van der Waals surface area contributed by atoms with Crippen LogP contribution in [-0.2, 0) is 32.3 Å². The Morgan fingerprint density at radius 3 is 2.18 bits per heavy atom. The lowest BCUT2D eigenvalue weighted by atomic mass is 9.94. The van der Waals surface area contributed by atoms with E-state index in [1.54, 1.807) is 58.9 Å². The Balaban J connectivity index is 1.59. The molecule has 1 saturated heterocycles. The molecule has 12 heteroatoms. The molecule has 0 aliphatic carbocycles. The van der Waals surface area contributed by atoms with Gasteiger partial charge in [0.25, 0.3) is 0 Å². The second-order valence-electron chi connectivity index (χ2n) is 14.7. The molecule has 0 aromatic heterocycles. The Labute approximate surface area is 293 Å². The van der Waals surface area contributed by atoms with E-state index in [4.69, 9.17) is 0 Å². The van der Waals surface area contributed by atoms with Gasteiger partial charge >= 0.3 is 6.18 Å². The number of nitrogens with zero attached hydrogens (tertiary/aromatic N) is 1. The van der Waals surface area contributed by atoms with Crippen molar-refractivity contribution >= 4 is 32.4 Å². The van der Waals surface area contributed by atoms with E-state index in [-0.39, 0.29) is 32.4 Å². The molecular formula is C38H50F3N3O5S. The van der Waals surface area contributed by atoms with Crippen LogP contribution in [0, 0.1) is 11.8 Å². The molecule has 5 atom stereocenters. The van der Waals surface area contributed by atoms with E-state index in [1.807, 2.05) is 48.5 Å². The van der Waals surface area contributed by atoms with Crippen molar-refractivity contribution in [2.45, 2.75) is 95.5 Å². The third-order valence-corrected chi connectivity index (χ3v) is 12.3. The summed E-state index contributed by atoms with van der Waals surface area (Å²) in [6.45, 7) is 8.09. The maximum absolute atomic E-state index is 14.1. The first-order valence-electron chi connectivity index (χ1n) is 17.2. The molecule has 2 amide bonds. The number of amides is 2. The van der Waals surface area contributed by atoms with Gasteiger partial charge in [0, 0.05) is 6.54 Å². The number of halogens is 3. The molecular weight excluding hydrogens is 667 g/mol. The lowest BCUT2D eigenvalue weighted by Crippen LogP contribution is -2.58. The monoisotopic (exact) mass is 717 g/mol. The van der Waals surface area contributed by atoms with Gasteiger partial charge in [0.15, 0.2) is 9.84 Å². The molecule has 0 bridgehead atoms. The van der Waals surface area contributed by atoms with Crippen molar-refractivity contribution in [3.8, 4) is 0 Å². The zero-order valence-corrected chi connectivity index (χ0v) is 30.2. The summed E-state index contributed by atoms with van der Waals surface area (Å²) in [4.78, 5) is 29.2. The van der Waals surface area contributed by atoms with Crippen LogP contribution < -0.4 is 10.6 Å². The minimum Gasteiger partial charge on any atom is -0.390 e. The fourth-order valence-corrected chi connectivity index (χ4v) is 7.79. The van der Waals surface area contributed by atoms with Crippen LogP contribution in [0.1, 0.15) is 58.6 Å². The van der Waals surface area contributed by atoms with Gasteiger partial charge in [-0.25, -0.2) is 8.42 Å². The van der Waals surface area contributed by atoms with Crippen molar-refractivity contribution in [1.29, 1.82) is 0 Å². The molecule has 4 rings (SSSR count). The van der Waals surface area contributed by atoms with Gasteiger partial charge in [-0.15, -0.1) is 0 Å². The van der Waals surface area contributed by atoms with Gasteiger partial charge in [-0.2, -0.15) is 13.2 Å². The zero-order chi connectivity index (χ0) is 36.9. The quantitative estimate of drug-likeness (QED) is 0.204. The van der Waals surface area contributed by atoms with Crippen molar-refractivity contribution in [3.63, 3.8) is 0 Å². The molecule has 5 unspecified atom stereocenters. The first-order valence-corrected chi connectivity index (χ1v) is 18.8. The van der Waals surface area contributed by atoms with E-state index in [9.17, 15) is 36.3 Å². The highest BCUT2D eigenvalue weighted by atomic mass is 32.2. The van der Waals surface area contributed by atoms with Crippen LogP contribution in [0.5, 0.6) is 0 Å². The predicted octanol–water partition coefficient (Wildman–Crippen LogP) is 5.47. The number of aliphatic hydroxyl groups excluding tert-OH is 1. The number of likely N-dealkylation sites (tertiary alicyclic amines) is 1. The van der Waals surface area contributed by atoms with Crippen molar-refractivity contribution in [1.82, 2.24) is 15.5 Å². The number of hydrogen-bond donors (Lipinski definition) is 3. The standard InChI is InChI=1S/C38H50F3N3O5S/c1-25(2)34(36(47)42-31(21-26-13-7-6-8-14-26)32(45)23-44-20-12-19-33(44)38(39,40)41)43-35(46)29(24-50(48,49)37(3,4)5)22-28-17-11-16-27-15-9-10-18-30(27)28/h6-11,13-18,25,29,31-34,45H,12,19-24H2,1-5H3,(H,42,47)(H,43,46). The molecule has 1 fully saturated rings. The molecule has 1 aliphatic rings. The van der Waals surface area contributed by atoms with Gasteiger partial charge < -0.3 is 15.7 Å². The number of sulfone groups is 1. The minimum atomic E-state index is -4.44. The summed E-state index contributed by atoms with van der Waals surface area (Å²) >= 11 is 0. The summed E-state index contributed by atoms with van der Waals surface area (Å²) in [6.07, 6.45) is -5.24. The average molecular weight is 718 g/mol. The number of nitrogens with one attached hydrogen (secondary N) is 2. The fourth-order valence-electron chi connectivity index (χ4n) is 6.49. The van der Waals surface area contributed by atoms with Crippen molar-refractivity contribution < 1.29 is 36.3 Å². The fraction of sp³-hybridized carbons (Fsp3) is 0.526. The lowest BCUT2D eigenvalue weighted by Gasteiger charge is -2.33. The minimum absolute atomic E-state index is 0.0573. The number of benzene rings is 3. The molecule has 274 valence electrons. The number of hydrogen-bond acceptors (Lipinski definition) is 6. The second-order valence-corrected chi connectivity index (χ2v) is 17.5. The predicted molar refractivity (Wildman–Crippen MR) is 190 cm³/mol. The third-order valence-electron chi connectivity index (χ3n) is 9.57. The molecule has 0 radical (unpaired) electrons. The van der Waals surface area contributed by atoms with Crippen molar-refractivity contribution in [2.24, 2.45) is 11.8 Å². The van der Waals surface area contributed by atoms with E-state index in [1.165, 1.54) is 4.90 Å². The molecule has 3 aromatic rings. The first-order chi connectivity index (χ1) is 23.4. The molecule has 0 saturated carbocycles. The Bertz CT molecular complexity index is 1700. The maximum Gasteiger partial charge on any atom is 0.404 e. The largest absolute Gasteiger partial charge is 0.404 e. The summed E-state index contributed by atoms with van der Waals surface area (Å²) < 4.78 is 66.9. The summed E-state index contributed by atoms with van der Waals surface area (Å²) in [5.74, 6) is -3.14. The number of carbonyl (C=O) groups is 2. The van der Waals surface area contributed by atoms with Crippen LogP contribution in [0.4, 0.5) is 13.2 Å². The van der Waals surface area contributed by atoms with Crippen LogP contribution in [0.3, 0.4) is 0 Å². The van der Waals surface area contributed by atoms with Crippen LogP contribution >= 0.6 is 0 Å². The first kappa shape index (κ1) is 39.3. The number of aliphatic hydroxyl groups is 1. The third kappa shape index (κ3) is 10.1. The summed E-state index contributed by atoms with van der Waals surface area (Å²) in [5, 5.41) is 18.8. The van der Waals surface area contributed by atoms with E-state index in [0.717, 1.165) is 21.9 Å².